The minimum atomic E-state index is -0.278. The summed E-state index contributed by atoms with van der Waals surface area (Å²) < 4.78 is 33.2. The van der Waals surface area contributed by atoms with Crippen LogP contribution in [0.5, 0.6) is 0 Å². The molecule has 1 saturated heterocycles. The first-order valence-corrected chi connectivity index (χ1v) is 15.8. The second-order valence-electron chi connectivity index (χ2n) is 9.17. The number of alkyl halides is 1. The van der Waals surface area contributed by atoms with Crippen LogP contribution in [0.1, 0.15) is 95.6 Å². The molecule has 0 bridgehead atoms. The van der Waals surface area contributed by atoms with Gasteiger partial charge in [0, 0.05) is 36.6 Å². The molecule has 1 aliphatic heterocycles. The zero-order valence-electron chi connectivity index (χ0n) is 22.1. The van der Waals surface area contributed by atoms with Crippen LogP contribution in [0.4, 0.5) is 0 Å². The van der Waals surface area contributed by atoms with E-state index in [-0.39, 0.29) is 30.5 Å². The highest BCUT2D eigenvalue weighted by molar-refractivity contribution is 9.08. The maximum absolute atomic E-state index is 6.77. The number of hydrogen-bond acceptors (Lipinski definition) is 6. The summed E-state index contributed by atoms with van der Waals surface area (Å²) in [5.74, 6) is 0. The summed E-state index contributed by atoms with van der Waals surface area (Å²) >= 11 is 11.7. The van der Waals surface area contributed by atoms with Crippen LogP contribution in [0.3, 0.4) is 0 Å². The van der Waals surface area contributed by atoms with Crippen molar-refractivity contribution in [2.24, 2.45) is 0 Å². The van der Waals surface area contributed by atoms with E-state index in [1.165, 1.54) is 0 Å². The molecule has 0 amide bonds. The Bertz CT molecular complexity index is 676. The molecular formula is C27H46BrClO5S. The molecule has 2 heterocycles. The Labute approximate surface area is 230 Å². The molecule has 0 radical (unpaired) electrons. The van der Waals surface area contributed by atoms with Crippen LogP contribution in [-0.2, 0) is 29.0 Å². The van der Waals surface area contributed by atoms with Gasteiger partial charge in [-0.2, -0.15) is 0 Å². The predicted molar refractivity (Wildman–Crippen MR) is 149 cm³/mol. The molecule has 0 spiro atoms. The van der Waals surface area contributed by atoms with E-state index in [9.17, 15) is 0 Å². The third-order valence-corrected chi connectivity index (χ3v) is 8.29. The number of halogens is 2. The lowest BCUT2D eigenvalue weighted by molar-refractivity contribution is -0.267. The minimum absolute atomic E-state index is 0.234. The van der Waals surface area contributed by atoms with E-state index >= 15 is 0 Å². The van der Waals surface area contributed by atoms with Crippen LogP contribution >= 0.6 is 38.9 Å². The molecule has 204 valence electrons. The van der Waals surface area contributed by atoms with E-state index in [1.807, 2.05) is 0 Å². The molecule has 1 aromatic rings. The largest absolute Gasteiger partial charge is 0.379 e. The molecule has 0 aromatic carbocycles. The Balaban J connectivity index is 2.38. The second kappa shape index (κ2) is 18.5. The maximum Gasteiger partial charge on any atom is 0.121 e. The quantitative estimate of drug-likeness (QED) is 0.119. The molecule has 35 heavy (non-hydrogen) atoms. The Morgan fingerprint density at radius 3 is 1.91 bits per heavy atom. The molecule has 5 nitrogen and oxygen atoms in total. The summed E-state index contributed by atoms with van der Waals surface area (Å²) in [6.07, 6.45) is 7.10. The molecule has 0 saturated carbocycles. The number of unbranched alkanes of at least 4 members (excludes halogenated alkanes) is 4. The van der Waals surface area contributed by atoms with E-state index in [0.29, 0.717) is 31.8 Å². The Kier molecular flexibility index (Phi) is 16.7. The van der Waals surface area contributed by atoms with Crippen molar-refractivity contribution < 1.29 is 23.7 Å². The van der Waals surface area contributed by atoms with E-state index in [0.717, 1.165) is 72.8 Å². The summed E-state index contributed by atoms with van der Waals surface area (Å²) in [4.78, 5) is 1.07. The van der Waals surface area contributed by atoms with Crippen molar-refractivity contribution in [3.05, 3.63) is 20.8 Å². The zero-order valence-corrected chi connectivity index (χ0v) is 25.2. The fourth-order valence-corrected chi connectivity index (χ4v) is 6.20. The number of hydrogen-bond donors (Lipinski definition) is 0. The van der Waals surface area contributed by atoms with Gasteiger partial charge in [0.15, 0.2) is 0 Å². The SMILES string of the molecule is CCCCOC[C@H]1O[C@@H](c2cc(CBr)c(Cl)s2)[C@H](OCCCC)[C@@H](OCCCC)[C@@H]1OCCCC. The van der Waals surface area contributed by atoms with Gasteiger partial charge >= 0.3 is 0 Å². The molecule has 0 aliphatic carbocycles. The number of thiophene rings is 1. The minimum Gasteiger partial charge on any atom is -0.379 e. The Morgan fingerprint density at radius 1 is 0.829 bits per heavy atom. The lowest BCUT2D eigenvalue weighted by atomic mass is 9.93. The van der Waals surface area contributed by atoms with E-state index in [4.69, 9.17) is 35.3 Å². The summed E-state index contributed by atoms with van der Waals surface area (Å²) in [5.41, 5.74) is 1.07. The lowest BCUT2D eigenvalue weighted by Gasteiger charge is -2.46. The first-order chi connectivity index (χ1) is 17.1. The van der Waals surface area contributed by atoms with E-state index in [1.54, 1.807) is 11.3 Å². The van der Waals surface area contributed by atoms with Crippen LogP contribution in [0, 0.1) is 0 Å². The molecular weight excluding hydrogens is 552 g/mol. The topological polar surface area (TPSA) is 46.2 Å². The van der Waals surface area contributed by atoms with Crippen molar-refractivity contribution in [3.8, 4) is 0 Å². The Hall–Kier alpha value is 0.270. The van der Waals surface area contributed by atoms with Gasteiger partial charge in [0.1, 0.15) is 30.5 Å². The van der Waals surface area contributed by atoms with Crippen molar-refractivity contribution in [3.63, 3.8) is 0 Å². The van der Waals surface area contributed by atoms with Gasteiger partial charge in [-0.15, -0.1) is 11.3 Å². The van der Waals surface area contributed by atoms with Crippen molar-refractivity contribution in [2.45, 2.75) is 115 Å². The van der Waals surface area contributed by atoms with Gasteiger partial charge in [0.2, 0.25) is 0 Å². The smallest absolute Gasteiger partial charge is 0.121 e. The molecule has 1 aliphatic rings. The number of rotatable bonds is 19. The summed E-state index contributed by atoms with van der Waals surface area (Å²) in [6.45, 7) is 11.9. The fourth-order valence-electron chi connectivity index (χ4n) is 4.05. The van der Waals surface area contributed by atoms with E-state index in [2.05, 4.69) is 49.7 Å². The monoisotopic (exact) mass is 596 g/mol. The molecule has 0 unspecified atom stereocenters. The van der Waals surface area contributed by atoms with Crippen LogP contribution in [0.15, 0.2) is 6.07 Å². The van der Waals surface area contributed by atoms with Gasteiger partial charge < -0.3 is 23.7 Å². The van der Waals surface area contributed by atoms with Gasteiger partial charge in [0.25, 0.3) is 0 Å². The van der Waals surface area contributed by atoms with Crippen molar-refractivity contribution >= 4 is 38.9 Å². The van der Waals surface area contributed by atoms with E-state index < -0.39 is 0 Å². The first-order valence-electron chi connectivity index (χ1n) is 13.5. The summed E-state index contributed by atoms with van der Waals surface area (Å²) in [5, 5.41) is 0.707. The highest BCUT2D eigenvalue weighted by Crippen LogP contribution is 2.42. The van der Waals surface area contributed by atoms with Gasteiger partial charge in [-0.3, -0.25) is 0 Å². The Morgan fingerprint density at radius 2 is 1.37 bits per heavy atom. The van der Waals surface area contributed by atoms with Crippen molar-refractivity contribution in [1.29, 1.82) is 0 Å². The zero-order chi connectivity index (χ0) is 25.5. The fraction of sp³-hybridized carbons (Fsp3) is 0.852. The van der Waals surface area contributed by atoms with Crippen LogP contribution in [-0.4, -0.2) is 57.5 Å². The standard InChI is InChI=1S/C27H46BrClO5S/c1-5-9-13-30-19-21-23(31-14-10-6-2)25(32-15-11-7-3)26(33-16-12-8-4)24(34-21)22-17-20(18-28)27(29)35-22/h17,21,23-26H,5-16,18-19H2,1-4H3/t21-,23-,24+,25+,26+/m1/s1. The third-order valence-electron chi connectivity index (χ3n) is 6.18. The highest BCUT2D eigenvalue weighted by Gasteiger charge is 2.49. The molecule has 0 N–H and O–H groups in total. The lowest BCUT2D eigenvalue weighted by Crippen LogP contribution is -2.58. The van der Waals surface area contributed by atoms with Gasteiger partial charge in [0.05, 0.1) is 10.9 Å². The van der Waals surface area contributed by atoms with Crippen molar-refractivity contribution in [1.82, 2.24) is 0 Å². The van der Waals surface area contributed by atoms with Gasteiger partial charge in [-0.05, 0) is 37.3 Å². The average molecular weight is 598 g/mol. The predicted octanol–water partition coefficient (Wildman–Crippen LogP) is 8.11. The molecule has 8 heteroatoms. The molecule has 1 aromatic heterocycles. The maximum atomic E-state index is 6.77. The van der Waals surface area contributed by atoms with Crippen molar-refractivity contribution in [2.75, 3.05) is 33.0 Å². The summed E-state index contributed by atoms with van der Waals surface area (Å²) in [7, 11) is 0. The number of ether oxygens (including phenoxy) is 5. The molecule has 2 rings (SSSR count). The first kappa shape index (κ1) is 31.5. The van der Waals surface area contributed by atoms with Gasteiger partial charge in [-0.1, -0.05) is 80.9 Å². The molecule has 1 fully saturated rings. The van der Waals surface area contributed by atoms with Crippen LogP contribution in [0.2, 0.25) is 4.34 Å². The molecule has 5 atom stereocenters. The second-order valence-corrected chi connectivity index (χ2v) is 11.4. The highest BCUT2D eigenvalue weighted by atomic mass is 79.9. The average Bonchev–Trinajstić information content (AvgIpc) is 3.24. The van der Waals surface area contributed by atoms with Crippen LogP contribution in [0.25, 0.3) is 0 Å². The third kappa shape index (κ3) is 10.2. The van der Waals surface area contributed by atoms with Crippen LogP contribution < -0.4 is 0 Å². The van der Waals surface area contributed by atoms with Gasteiger partial charge in [-0.25, -0.2) is 0 Å². The normalized spacial score (nSPS) is 24.8. The summed E-state index contributed by atoms with van der Waals surface area (Å²) in [6, 6.07) is 2.14.